The second-order valence-corrected chi connectivity index (χ2v) is 19.0. The Labute approximate surface area is 403 Å². The molecule has 0 radical (unpaired) electrons. The normalized spacial score (nSPS) is 12.0. The van der Waals surface area contributed by atoms with E-state index in [1.165, 1.54) is 60.8 Å². The summed E-state index contributed by atoms with van der Waals surface area (Å²) in [6, 6.07) is 88.4. The number of fused-ring (bicyclic) bond motifs is 4. The lowest BCUT2D eigenvalue weighted by molar-refractivity contribution is 0.406. The molecule has 3 aromatic heterocycles. The fourth-order valence-electron chi connectivity index (χ4n) is 10.8. The Kier molecular flexibility index (Phi) is 10.3. The molecule has 0 amide bonds. The number of imidazole rings is 1. The summed E-state index contributed by atoms with van der Waals surface area (Å²) in [5.74, 6) is 0.858. The van der Waals surface area contributed by atoms with E-state index in [4.69, 9.17) is 4.98 Å². The van der Waals surface area contributed by atoms with E-state index in [0.717, 1.165) is 39.2 Å². The van der Waals surface area contributed by atoms with Crippen LogP contribution >= 0.6 is 0 Å². The number of aromatic nitrogens is 4. The van der Waals surface area contributed by atoms with Gasteiger partial charge in [-0.1, -0.05) is 176 Å². The molecule has 0 aliphatic heterocycles. The van der Waals surface area contributed by atoms with E-state index in [-0.39, 0.29) is 5.54 Å². The van der Waals surface area contributed by atoms with E-state index in [9.17, 15) is 0 Å². The van der Waals surface area contributed by atoms with Gasteiger partial charge in [0.25, 0.3) is 0 Å². The summed E-state index contributed by atoms with van der Waals surface area (Å²) < 4.78 is 7.11. The lowest BCUT2D eigenvalue weighted by Gasteiger charge is -2.37. The van der Waals surface area contributed by atoms with Gasteiger partial charge in [-0.2, -0.15) is 4.57 Å². The molecule has 0 saturated heterocycles. The first-order chi connectivity index (χ1) is 33.9. The Hall–Kier alpha value is -8.60. The number of hydrogen-bond donors (Lipinski definition) is 0. The minimum atomic E-state index is -0.717. The molecule has 4 nitrogen and oxygen atoms in total. The molecular weight excluding hydrogens is 837 g/mol. The molecule has 3 heterocycles. The number of benzene rings is 9. The van der Waals surface area contributed by atoms with Crippen LogP contribution in [0.3, 0.4) is 0 Å². The van der Waals surface area contributed by atoms with Gasteiger partial charge >= 0.3 is 0 Å². The second-order valence-electron chi connectivity index (χ2n) is 19.0. The second kappa shape index (κ2) is 16.9. The van der Waals surface area contributed by atoms with Crippen molar-refractivity contribution in [2.75, 3.05) is 0 Å². The minimum absolute atomic E-state index is 0.113. The largest absolute Gasteiger partial charge is 0.294 e. The molecule has 0 aliphatic rings. The summed E-state index contributed by atoms with van der Waals surface area (Å²) in [7, 11) is 0. The predicted molar refractivity (Wildman–Crippen MR) is 287 cm³/mol. The molecular formula is C65H51N4+. The van der Waals surface area contributed by atoms with Gasteiger partial charge in [0.2, 0.25) is 0 Å². The fraction of sp³-hybridized carbons (Fsp3) is 0.0769. The van der Waals surface area contributed by atoms with Gasteiger partial charge in [-0.25, -0.2) is 9.55 Å². The summed E-state index contributed by atoms with van der Waals surface area (Å²) in [5, 5.41) is 2.35. The maximum atomic E-state index is 5.23. The highest BCUT2D eigenvalue weighted by Gasteiger charge is 2.40. The first kappa shape index (κ1) is 41.8. The van der Waals surface area contributed by atoms with Crippen LogP contribution in [0.5, 0.6) is 0 Å². The Bertz CT molecular complexity index is 3710. The maximum Gasteiger partial charge on any atom is 0.191 e. The zero-order valence-corrected chi connectivity index (χ0v) is 39.0. The lowest BCUT2D eigenvalue weighted by Crippen LogP contribution is -2.31. The minimum Gasteiger partial charge on any atom is -0.294 e. The van der Waals surface area contributed by atoms with Gasteiger partial charge in [0, 0.05) is 41.2 Å². The SMILES string of the molecule is CC(C)(C)n1[cH+]n(-c2cccc(C(c3ccccc3)(c3ccccc3)c3ccc4c5ccccc5n(-c5cc(-c6c(-c7ccccc7)cccc6-c6ccccc6)ccn5)c4c3)c2)c2ccccc21. The molecule has 330 valence electrons. The monoisotopic (exact) mass is 887 g/mol. The molecule has 0 spiro atoms. The van der Waals surface area contributed by atoms with Crippen molar-refractivity contribution in [2.45, 2.75) is 31.7 Å². The molecule has 0 aliphatic carbocycles. The van der Waals surface area contributed by atoms with Crippen molar-refractivity contribution in [3.05, 3.63) is 277 Å². The zero-order valence-electron chi connectivity index (χ0n) is 39.0. The first-order valence-electron chi connectivity index (χ1n) is 23.9. The van der Waals surface area contributed by atoms with Gasteiger partial charge in [0.1, 0.15) is 11.5 Å². The molecule has 0 N–H and O–H groups in total. The molecule has 69 heavy (non-hydrogen) atoms. The number of rotatable bonds is 9. The molecule has 9 aromatic carbocycles. The van der Waals surface area contributed by atoms with Gasteiger partial charge in [-0.05, 0) is 119 Å². The molecule has 0 fully saturated rings. The predicted octanol–water partition coefficient (Wildman–Crippen LogP) is 16.3. The highest BCUT2D eigenvalue weighted by molar-refractivity contribution is 6.09. The maximum absolute atomic E-state index is 5.23. The van der Waals surface area contributed by atoms with Gasteiger partial charge < -0.3 is 0 Å². The Balaban J connectivity index is 1.12. The Morgan fingerprint density at radius 1 is 0.391 bits per heavy atom. The van der Waals surface area contributed by atoms with Crippen molar-refractivity contribution in [2.24, 2.45) is 0 Å². The third-order valence-corrected chi connectivity index (χ3v) is 13.9. The van der Waals surface area contributed by atoms with Crippen molar-refractivity contribution in [3.63, 3.8) is 0 Å². The van der Waals surface area contributed by atoms with Crippen LogP contribution in [0, 0.1) is 0 Å². The molecule has 0 saturated carbocycles. The summed E-state index contributed by atoms with van der Waals surface area (Å²) >= 11 is 0. The standard InChI is InChI=1S/C65H51N4/c1-64(2,3)68-45-67(59-36-18-19-37-60(59)68)53-31-20-30-51(43-53)65(49-26-12-6-13-27-49,50-28-14-7-15-29-50)52-38-39-57-56-32-16-17-35-58(56)69(61(57)44-52)62-42-48(40-41-66-62)63-54(46-22-8-4-9-23-46)33-21-34-55(63)47-24-10-5-11-25-47/h4-45H,1-3H3/q+1. The Morgan fingerprint density at radius 2 is 0.913 bits per heavy atom. The van der Waals surface area contributed by atoms with Crippen molar-refractivity contribution < 1.29 is 0 Å². The van der Waals surface area contributed by atoms with Crippen LogP contribution in [0.2, 0.25) is 0 Å². The summed E-state index contributed by atoms with van der Waals surface area (Å²) in [5.41, 5.74) is 16.5. The van der Waals surface area contributed by atoms with Crippen molar-refractivity contribution >= 4 is 32.8 Å². The van der Waals surface area contributed by atoms with E-state index in [0.29, 0.717) is 0 Å². The lowest BCUT2D eigenvalue weighted by atomic mass is 9.65. The Morgan fingerprint density at radius 3 is 1.55 bits per heavy atom. The number of pyridine rings is 1. The number of para-hydroxylation sites is 3. The van der Waals surface area contributed by atoms with Gasteiger partial charge in [-0.15, -0.1) is 0 Å². The molecule has 0 bridgehead atoms. The highest BCUT2D eigenvalue weighted by Crippen LogP contribution is 2.48. The van der Waals surface area contributed by atoms with Gasteiger partial charge in [0.05, 0.1) is 22.0 Å². The van der Waals surface area contributed by atoms with Crippen LogP contribution in [0.4, 0.5) is 0 Å². The van der Waals surface area contributed by atoms with Crippen LogP contribution in [0.1, 0.15) is 43.0 Å². The average Bonchev–Trinajstić information content (AvgIpc) is 3.97. The highest BCUT2D eigenvalue weighted by atomic mass is 15.2. The summed E-state index contributed by atoms with van der Waals surface area (Å²) in [4.78, 5) is 5.23. The smallest absolute Gasteiger partial charge is 0.191 e. The van der Waals surface area contributed by atoms with Crippen LogP contribution in [-0.2, 0) is 11.0 Å². The number of nitrogens with zero attached hydrogens (tertiary/aromatic N) is 4. The van der Waals surface area contributed by atoms with E-state index >= 15 is 0 Å². The molecule has 12 rings (SSSR count). The molecule has 4 heteroatoms. The van der Waals surface area contributed by atoms with Crippen molar-refractivity contribution in [1.82, 2.24) is 18.7 Å². The summed E-state index contributed by atoms with van der Waals surface area (Å²) in [6.45, 7) is 6.80. The average molecular weight is 888 g/mol. The third kappa shape index (κ3) is 7.07. The van der Waals surface area contributed by atoms with Crippen LogP contribution in [-0.4, -0.2) is 18.7 Å². The van der Waals surface area contributed by atoms with Gasteiger partial charge in [0.15, 0.2) is 17.4 Å². The van der Waals surface area contributed by atoms with Gasteiger partial charge in [-0.3, -0.25) is 4.57 Å². The van der Waals surface area contributed by atoms with Crippen molar-refractivity contribution in [1.29, 1.82) is 0 Å². The van der Waals surface area contributed by atoms with E-state index < -0.39 is 5.41 Å². The van der Waals surface area contributed by atoms with E-state index in [1.807, 2.05) is 6.20 Å². The number of hydrogen-bond acceptors (Lipinski definition) is 1. The third-order valence-electron chi connectivity index (χ3n) is 13.9. The van der Waals surface area contributed by atoms with Crippen LogP contribution in [0.25, 0.3) is 77.7 Å². The molecule has 0 unspecified atom stereocenters. The van der Waals surface area contributed by atoms with E-state index in [2.05, 4.69) is 283 Å². The molecule has 12 aromatic rings. The molecule has 0 atom stereocenters. The van der Waals surface area contributed by atoms with E-state index in [1.54, 1.807) is 0 Å². The first-order valence-corrected chi connectivity index (χ1v) is 23.9. The zero-order chi connectivity index (χ0) is 46.5. The van der Waals surface area contributed by atoms with Crippen LogP contribution < -0.4 is 0 Å². The topological polar surface area (TPSA) is 27.7 Å². The van der Waals surface area contributed by atoms with Crippen molar-refractivity contribution in [3.8, 4) is 44.9 Å². The fourth-order valence-corrected chi connectivity index (χ4v) is 10.8. The summed E-state index contributed by atoms with van der Waals surface area (Å²) in [6.07, 6.45) is 4.24. The quantitative estimate of drug-likeness (QED) is 0.105. The van der Waals surface area contributed by atoms with Crippen LogP contribution in [0.15, 0.2) is 255 Å².